The van der Waals surface area contributed by atoms with E-state index in [1.54, 1.807) is 0 Å². The zero-order chi connectivity index (χ0) is 14.4. The summed E-state index contributed by atoms with van der Waals surface area (Å²) in [5, 5.41) is 0. The van der Waals surface area contributed by atoms with E-state index in [4.69, 9.17) is 10.6 Å². The Morgan fingerprint density at radius 2 is 2.35 bits per heavy atom. The Morgan fingerprint density at radius 3 is 3.10 bits per heavy atom. The maximum atomic E-state index is 5.85. The first-order valence-electron chi connectivity index (χ1n) is 7.36. The Kier molecular flexibility index (Phi) is 5.70. The lowest BCUT2D eigenvalue weighted by Gasteiger charge is -2.32. The molecule has 20 heavy (non-hydrogen) atoms. The third-order valence-electron chi connectivity index (χ3n) is 3.43. The first-order valence-corrected chi connectivity index (χ1v) is 7.36. The molecule has 2 heterocycles. The molecule has 1 saturated heterocycles. The second kappa shape index (κ2) is 7.52. The predicted molar refractivity (Wildman–Crippen MR) is 79.1 cm³/mol. The van der Waals surface area contributed by atoms with Gasteiger partial charge in [0.05, 0.1) is 12.6 Å². The lowest BCUT2D eigenvalue weighted by atomic mass is 10.1. The maximum Gasteiger partial charge on any atom is 0.145 e. The number of hydrazine groups is 1. The maximum absolute atomic E-state index is 5.85. The highest BCUT2D eigenvalue weighted by atomic mass is 16.5. The molecule has 1 atom stereocenters. The number of nitrogens with zero attached hydrogens (tertiary/aromatic N) is 3. The second-order valence-corrected chi connectivity index (χ2v) is 5.33. The van der Waals surface area contributed by atoms with Gasteiger partial charge in [-0.05, 0) is 32.7 Å². The summed E-state index contributed by atoms with van der Waals surface area (Å²) in [6.07, 6.45) is 3.74. The van der Waals surface area contributed by atoms with E-state index in [0.717, 1.165) is 50.6 Å². The molecule has 2 rings (SSSR count). The van der Waals surface area contributed by atoms with Crippen LogP contribution in [-0.2, 0) is 11.3 Å². The number of nitrogens with one attached hydrogen (secondary N) is 1. The van der Waals surface area contributed by atoms with E-state index in [0.29, 0.717) is 11.9 Å². The summed E-state index contributed by atoms with van der Waals surface area (Å²) < 4.78 is 5.85. The molecule has 6 nitrogen and oxygen atoms in total. The van der Waals surface area contributed by atoms with Crippen LogP contribution in [0.25, 0.3) is 0 Å². The average Bonchev–Trinajstić information content (AvgIpc) is 2.45. The molecule has 1 unspecified atom stereocenters. The summed E-state index contributed by atoms with van der Waals surface area (Å²) >= 11 is 0. The fourth-order valence-corrected chi connectivity index (χ4v) is 2.55. The molecule has 1 aromatic heterocycles. The van der Waals surface area contributed by atoms with Gasteiger partial charge in [0.15, 0.2) is 0 Å². The third-order valence-corrected chi connectivity index (χ3v) is 3.43. The zero-order valence-corrected chi connectivity index (χ0v) is 12.4. The van der Waals surface area contributed by atoms with Crippen molar-refractivity contribution >= 4 is 5.82 Å². The van der Waals surface area contributed by atoms with Crippen LogP contribution in [0, 0.1) is 6.92 Å². The zero-order valence-electron chi connectivity index (χ0n) is 12.4. The summed E-state index contributed by atoms with van der Waals surface area (Å²) in [7, 11) is 0. The van der Waals surface area contributed by atoms with Gasteiger partial charge >= 0.3 is 0 Å². The number of anilines is 1. The topological polar surface area (TPSA) is 76.3 Å². The monoisotopic (exact) mass is 279 g/mol. The molecule has 0 amide bonds. The van der Waals surface area contributed by atoms with Gasteiger partial charge in [0.1, 0.15) is 11.6 Å². The molecule has 1 aliphatic heterocycles. The molecule has 0 aliphatic carbocycles. The molecule has 1 aliphatic rings. The van der Waals surface area contributed by atoms with Crippen LogP contribution in [0.3, 0.4) is 0 Å². The molecule has 0 radical (unpaired) electrons. The Morgan fingerprint density at radius 1 is 1.50 bits per heavy atom. The van der Waals surface area contributed by atoms with Crippen LogP contribution < -0.4 is 11.3 Å². The van der Waals surface area contributed by atoms with E-state index in [1.165, 1.54) is 6.42 Å². The molecule has 6 heteroatoms. The number of likely N-dealkylation sites (tertiary alicyclic amines) is 1. The Balaban J connectivity index is 1.93. The number of rotatable bonds is 6. The van der Waals surface area contributed by atoms with E-state index in [2.05, 4.69) is 27.2 Å². The lowest BCUT2D eigenvalue weighted by Crippen LogP contribution is -2.39. The molecule has 0 bridgehead atoms. The minimum atomic E-state index is 0.348. The van der Waals surface area contributed by atoms with Crippen molar-refractivity contribution in [3.8, 4) is 0 Å². The van der Waals surface area contributed by atoms with Crippen molar-refractivity contribution in [2.75, 3.05) is 25.1 Å². The number of ether oxygens (including phenoxy) is 1. The van der Waals surface area contributed by atoms with E-state index in [-0.39, 0.29) is 0 Å². The lowest BCUT2D eigenvalue weighted by molar-refractivity contribution is -0.00284. The molecule has 0 saturated carbocycles. The summed E-state index contributed by atoms with van der Waals surface area (Å²) in [4.78, 5) is 11.2. The number of nitrogens with two attached hydrogens (primary N) is 1. The summed E-state index contributed by atoms with van der Waals surface area (Å²) in [5.74, 6) is 6.91. The predicted octanol–water partition coefficient (Wildman–Crippen LogP) is 1.46. The molecule has 1 fully saturated rings. The first-order chi connectivity index (χ1) is 9.71. The highest BCUT2D eigenvalue weighted by Gasteiger charge is 2.21. The fourth-order valence-electron chi connectivity index (χ4n) is 2.55. The Labute approximate surface area is 120 Å². The van der Waals surface area contributed by atoms with Crippen LogP contribution in [0.1, 0.15) is 37.7 Å². The second-order valence-electron chi connectivity index (χ2n) is 5.33. The van der Waals surface area contributed by atoms with Crippen molar-refractivity contribution < 1.29 is 4.74 Å². The number of hydrogen-bond donors (Lipinski definition) is 2. The molecule has 0 spiro atoms. The van der Waals surface area contributed by atoms with Gasteiger partial charge < -0.3 is 10.2 Å². The standard InChI is InChI=1S/C14H25N5O/c1-3-7-20-12-5-4-6-19(9-12)10-14-16-11(2)8-13(17-14)18-15/h8,12H,3-7,9-10,15H2,1-2H3,(H,16,17,18). The highest BCUT2D eigenvalue weighted by Crippen LogP contribution is 2.16. The molecular formula is C14H25N5O. The van der Waals surface area contributed by atoms with Crippen LogP contribution in [0.2, 0.25) is 0 Å². The fraction of sp³-hybridized carbons (Fsp3) is 0.714. The largest absolute Gasteiger partial charge is 0.377 e. The van der Waals surface area contributed by atoms with Crippen molar-refractivity contribution in [1.82, 2.24) is 14.9 Å². The smallest absolute Gasteiger partial charge is 0.145 e. The molecule has 1 aromatic rings. The van der Waals surface area contributed by atoms with Crippen LogP contribution in [0.15, 0.2) is 6.07 Å². The number of nitrogen functional groups attached to an aromatic ring is 1. The number of aryl methyl sites for hydroxylation is 1. The van der Waals surface area contributed by atoms with Gasteiger partial charge in [0, 0.05) is 24.9 Å². The molecule has 0 aromatic carbocycles. The Hall–Kier alpha value is -1.24. The van der Waals surface area contributed by atoms with Crippen LogP contribution in [0.4, 0.5) is 5.82 Å². The van der Waals surface area contributed by atoms with Gasteiger partial charge in [-0.25, -0.2) is 15.8 Å². The quantitative estimate of drug-likeness (QED) is 0.606. The van der Waals surface area contributed by atoms with Gasteiger partial charge in [0.25, 0.3) is 0 Å². The Bertz CT molecular complexity index is 426. The van der Waals surface area contributed by atoms with Gasteiger partial charge in [-0.1, -0.05) is 6.92 Å². The van der Waals surface area contributed by atoms with Crippen molar-refractivity contribution in [3.63, 3.8) is 0 Å². The van der Waals surface area contributed by atoms with Crippen LogP contribution in [0.5, 0.6) is 0 Å². The minimum Gasteiger partial charge on any atom is -0.377 e. The van der Waals surface area contributed by atoms with Crippen molar-refractivity contribution in [1.29, 1.82) is 0 Å². The molecular weight excluding hydrogens is 254 g/mol. The average molecular weight is 279 g/mol. The van der Waals surface area contributed by atoms with E-state index < -0.39 is 0 Å². The van der Waals surface area contributed by atoms with Gasteiger partial charge in [-0.3, -0.25) is 4.90 Å². The van der Waals surface area contributed by atoms with Crippen LogP contribution in [-0.4, -0.2) is 40.7 Å². The van der Waals surface area contributed by atoms with Gasteiger partial charge in [-0.2, -0.15) is 0 Å². The van der Waals surface area contributed by atoms with Crippen molar-refractivity contribution in [2.24, 2.45) is 5.84 Å². The van der Waals surface area contributed by atoms with Crippen molar-refractivity contribution in [3.05, 3.63) is 17.6 Å². The summed E-state index contributed by atoms with van der Waals surface area (Å²) in [6, 6.07) is 1.84. The number of hydrogen-bond acceptors (Lipinski definition) is 6. The minimum absolute atomic E-state index is 0.348. The molecule has 112 valence electrons. The van der Waals surface area contributed by atoms with E-state index >= 15 is 0 Å². The molecule has 3 N–H and O–H groups in total. The van der Waals surface area contributed by atoms with Gasteiger partial charge in [-0.15, -0.1) is 0 Å². The SMILES string of the molecule is CCCOC1CCCN(Cc2nc(C)cc(NN)n2)C1. The number of aromatic nitrogens is 2. The van der Waals surface area contributed by atoms with E-state index in [1.807, 2.05) is 13.0 Å². The van der Waals surface area contributed by atoms with Gasteiger partial charge in [0.2, 0.25) is 0 Å². The highest BCUT2D eigenvalue weighted by molar-refractivity contribution is 5.33. The third kappa shape index (κ3) is 4.40. The van der Waals surface area contributed by atoms with E-state index in [9.17, 15) is 0 Å². The summed E-state index contributed by atoms with van der Waals surface area (Å²) in [6.45, 7) is 7.73. The van der Waals surface area contributed by atoms with Crippen LogP contribution >= 0.6 is 0 Å². The van der Waals surface area contributed by atoms with Crippen molar-refractivity contribution in [2.45, 2.75) is 45.8 Å². The normalized spacial score (nSPS) is 20.1. The number of piperidine rings is 1. The summed E-state index contributed by atoms with van der Waals surface area (Å²) in [5.41, 5.74) is 3.52. The first kappa shape index (κ1) is 15.2.